The molecule has 0 saturated heterocycles. The van der Waals surface area contributed by atoms with Crippen molar-refractivity contribution in [1.82, 2.24) is 4.90 Å². The van der Waals surface area contributed by atoms with E-state index in [4.69, 9.17) is 0 Å². The molecule has 2 aromatic rings. The van der Waals surface area contributed by atoms with E-state index in [0.717, 1.165) is 40.8 Å². The molecule has 0 fully saturated rings. The Morgan fingerprint density at radius 3 is 2.33 bits per heavy atom. The summed E-state index contributed by atoms with van der Waals surface area (Å²) in [5.41, 5.74) is 3.57. The molecular weight excluding hydrogens is 354 g/mol. The average molecular weight is 380 g/mol. The smallest absolute Gasteiger partial charge is 0.268 e. The molecule has 4 heteroatoms. The highest BCUT2D eigenvalue weighted by atomic mass is 32.2. The van der Waals surface area contributed by atoms with E-state index in [9.17, 15) is 9.59 Å². The Morgan fingerprint density at radius 2 is 1.67 bits per heavy atom. The van der Waals surface area contributed by atoms with E-state index in [1.54, 1.807) is 0 Å². The first-order valence-corrected chi connectivity index (χ1v) is 10.3. The number of benzene rings is 2. The van der Waals surface area contributed by atoms with Gasteiger partial charge in [0, 0.05) is 11.4 Å². The molecule has 0 bridgehead atoms. The predicted molar refractivity (Wildman–Crippen MR) is 111 cm³/mol. The lowest BCUT2D eigenvalue weighted by molar-refractivity contribution is -0.136. The van der Waals surface area contributed by atoms with Crippen LogP contribution in [0.5, 0.6) is 0 Å². The van der Waals surface area contributed by atoms with Crippen LogP contribution < -0.4 is 0 Å². The van der Waals surface area contributed by atoms with Gasteiger partial charge in [-0.1, -0.05) is 73.5 Å². The van der Waals surface area contributed by atoms with Crippen molar-refractivity contribution in [3.05, 3.63) is 70.1 Å². The lowest BCUT2D eigenvalue weighted by Gasteiger charge is -2.15. The number of nitrogens with zero attached hydrogens (tertiary/aromatic N) is 1. The molecule has 27 heavy (non-hydrogen) atoms. The van der Waals surface area contributed by atoms with Crippen LogP contribution in [0, 0.1) is 13.8 Å². The van der Waals surface area contributed by atoms with Gasteiger partial charge in [-0.15, -0.1) is 0 Å². The summed E-state index contributed by atoms with van der Waals surface area (Å²) in [6.45, 7) is 6.63. The third-order valence-corrected chi connectivity index (χ3v) is 5.82. The van der Waals surface area contributed by atoms with E-state index in [1.807, 2.05) is 56.3 Å². The molecule has 3 rings (SSSR count). The molecule has 0 unspecified atom stereocenters. The minimum Gasteiger partial charge on any atom is -0.274 e. The van der Waals surface area contributed by atoms with Gasteiger partial charge in [-0.3, -0.25) is 14.5 Å². The van der Waals surface area contributed by atoms with Crippen LogP contribution in [0.3, 0.4) is 0 Å². The first kappa shape index (κ1) is 19.4. The van der Waals surface area contributed by atoms with E-state index in [2.05, 4.69) is 13.0 Å². The van der Waals surface area contributed by atoms with Gasteiger partial charge in [0.2, 0.25) is 0 Å². The van der Waals surface area contributed by atoms with Crippen molar-refractivity contribution >= 4 is 29.1 Å². The van der Waals surface area contributed by atoms with E-state index in [-0.39, 0.29) is 11.8 Å². The molecule has 0 atom stereocenters. The number of amides is 2. The number of rotatable bonds is 7. The van der Waals surface area contributed by atoms with Crippen LogP contribution in [0.25, 0.3) is 5.57 Å². The van der Waals surface area contributed by atoms with Gasteiger partial charge in [0.1, 0.15) is 0 Å². The summed E-state index contributed by atoms with van der Waals surface area (Å²) < 4.78 is 0. The fourth-order valence-corrected chi connectivity index (χ4v) is 4.34. The van der Waals surface area contributed by atoms with Crippen LogP contribution in [-0.2, 0) is 9.59 Å². The van der Waals surface area contributed by atoms with Crippen LogP contribution in [0.4, 0.5) is 0 Å². The lowest BCUT2D eigenvalue weighted by atomic mass is 9.99. The van der Waals surface area contributed by atoms with Crippen molar-refractivity contribution in [2.45, 2.75) is 44.9 Å². The summed E-state index contributed by atoms with van der Waals surface area (Å²) in [4.78, 5) is 29.2. The third-order valence-electron chi connectivity index (χ3n) is 4.73. The third kappa shape index (κ3) is 4.16. The van der Waals surface area contributed by atoms with Crippen LogP contribution >= 0.6 is 11.8 Å². The number of aryl methyl sites for hydroxylation is 2. The van der Waals surface area contributed by atoms with Gasteiger partial charge in [0.05, 0.1) is 10.5 Å². The zero-order chi connectivity index (χ0) is 19.4. The van der Waals surface area contributed by atoms with Crippen LogP contribution in [-0.4, -0.2) is 23.3 Å². The molecule has 3 nitrogen and oxygen atoms in total. The fraction of sp³-hybridized carbons (Fsp3) is 0.304. The summed E-state index contributed by atoms with van der Waals surface area (Å²) in [5, 5.41) is 0. The maximum atomic E-state index is 13.2. The first-order valence-electron chi connectivity index (χ1n) is 9.44. The second-order valence-corrected chi connectivity index (χ2v) is 7.99. The van der Waals surface area contributed by atoms with Crippen molar-refractivity contribution in [3.8, 4) is 0 Å². The second kappa shape index (κ2) is 8.57. The Balaban J connectivity index is 2.03. The lowest BCUT2D eigenvalue weighted by Crippen LogP contribution is -2.32. The predicted octanol–water partition coefficient (Wildman–Crippen LogP) is 5.37. The zero-order valence-corrected chi connectivity index (χ0v) is 16.9. The molecule has 2 amide bonds. The standard InChI is InChI=1S/C23H25NO2S/c1-4-5-9-14-24-22(25)20(19-13-12-16(2)15-17(19)3)21(23(24)26)27-18-10-7-6-8-11-18/h6-8,10-13,15H,4-5,9,14H2,1-3H3. The molecular formula is C23H25NO2S. The van der Waals surface area contributed by atoms with Crippen molar-refractivity contribution in [3.63, 3.8) is 0 Å². The van der Waals surface area contributed by atoms with Crippen LogP contribution in [0.1, 0.15) is 42.9 Å². The van der Waals surface area contributed by atoms with Crippen molar-refractivity contribution in [2.24, 2.45) is 0 Å². The summed E-state index contributed by atoms with van der Waals surface area (Å²) in [5.74, 6) is -0.332. The van der Waals surface area contributed by atoms with Crippen molar-refractivity contribution in [2.75, 3.05) is 6.54 Å². The Bertz CT molecular complexity index is 887. The number of hydrogen-bond acceptors (Lipinski definition) is 3. The Labute approximate surface area is 165 Å². The number of thioether (sulfide) groups is 1. The highest BCUT2D eigenvalue weighted by molar-refractivity contribution is 8.04. The first-order chi connectivity index (χ1) is 13.0. The topological polar surface area (TPSA) is 37.4 Å². The van der Waals surface area contributed by atoms with Gasteiger partial charge in [-0.25, -0.2) is 0 Å². The molecule has 0 aliphatic carbocycles. The number of carbonyl (C=O) groups is 2. The average Bonchev–Trinajstić information content (AvgIpc) is 2.87. The molecule has 0 aromatic heterocycles. The zero-order valence-electron chi connectivity index (χ0n) is 16.1. The monoisotopic (exact) mass is 379 g/mol. The van der Waals surface area contributed by atoms with Crippen LogP contribution in [0.2, 0.25) is 0 Å². The maximum absolute atomic E-state index is 13.2. The van der Waals surface area contributed by atoms with E-state index in [1.165, 1.54) is 16.7 Å². The SMILES string of the molecule is CCCCCN1C(=O)C(Sc2ccccc2)=C(c2ccc(C)cc2C)C1=O. The molecule has 140 valence electrons. The quantitative estimate of drug-likeness (QED) is 0.480. The minimum atomic E-state index is -0.167. The van der Waals surface area contributed by atoms with E-state index >= 15 is 0 Å². The summed E-state index contributed by atoms with van der Waals surface area (Å²) in [6, 6.07) is 15.8. The Morgan fingerprint density at radius 1 is 0.926 bits per heavy atom. The highest BCUT2D eigenvalue weighted by Crippen LogP contribution is 2.40. The molecule has 1 aliphatic rings. The summed E-state index contributed by atoms with van der Waals surface area (Å²) in [7, 11) is 0. The molecule has 2 aromatic carbocycles. The molecule has 1 aliphatic heterocycles. The molecule has 0 spiro atoms. The van der Waals surface area contributed by atoms with Gasteiger partial charge >= 0.3 is 0 Å². The Kier molecular flexibility index (Phi) is 6.17. The van der Waals surface area contributed by atoms with Crippen molar-refractivity contribution < 1.29 is 9.59 Å². The largest absolute Gasteiger partial charge is 0.274 e. The normalized spacial score (nSPS) is 14.4. The number of imide groups is 1. The van der Waals surface area contributed by atoms with Gasteiger partial charge in [0.15, 0.2) is 0 Å². The van der Waals surface area contributed by atoms with E-state index < -0.39 is 0 Å². The van der Waals surface area contributed by atoms with Crippen LogP contribution in [0.15, 0.2) is 58.3 Å². The second-order valence-electron chi connectivity index (χ2n) is 6.91. The minimum absolute atomic E-state index is 0.165. The number of carbonyl (C=O) groups excluding carboxylic acids is 2. The van der Waals surface area contributed by atoms with Gasteiger partial charge in [0.25, 0.3) is 11.8 Å². The molecule has 0 radical (unpaired) electrons. The molecule has 0 saturated carbocycles. The fourth-order valence-electron chi connectivity index (χ4n) is 3.31. The number of unbranched alkanes of at least 4 members (excludes halogenated alkanes) is 2. The highest BCUT2D eigenvalue weighted by Gasteiger charge is 2.39. The van der Waals surface area contributed by atoms with Gasteiger partial charge in [-0.05, 0) is 43.5 Å². The van der Waals surface area contributed by atoms with E-state index in [0.29, 0.717) is 17.0 Å². The van der Waals surface area contributed by atoms with Gasteiger partial charge < -0.3 is 0 Å². The van der Waals surface area contributed by atoms with Crippen molar-refractivity contribution in [1.29, 1.82) is 0 Å². The summed E-state index contributed by atoms with van der Waals surface area (Å²) in [6.07, 6.45) is 2.91. The molecule has 0 N–H and O–H groups in total. The molecule has 1 heterocycles. The number of hydrogen-bond donors (Lipinski definition) is 0. The maximum Gasteiger partial charge on any atom is 0.268 e. The summed E-state index contributed by atoms with van der Waals surface area (Å²) >= 11 is 1.39. The van der Waals surface area contributed by atoms with Gasteiger partial charge in [-0.2, -0.15) is 0 Å². The Hall–Kier alpha value is -2.33.